The van der Waals surface area contributed by atoms with Crippen LogP contribution in [0.1, 0.15) is 26.7 Å². The number of rotatable bonds is 7. The Kier molecular flexibility index (Phi) is 10.5. The molecule has 0 bridgehead atoms. The summed E-state index contributed by atoms with van der Waals surface area (Å²) in [5.74, 6) is -0.291. The fraction of sp³-hybridized carbons (Fsp3) is 1.00. The summed E-state index contributed by atoms with van der Waals surface area (Å²) in [5, 5.41) is 18.5. The number of nitrogens with zero attached hydrogens (tertiary/aromatic N) is 1. The molecule has 0 rings (SSSR count). The summed E-state index contributed by atoms with van der Waals surface area (Å²) in [6, 6.07) is 0. The van der Waals surface area contributed by atoms with Crippen molar-refractivity contribution in [3.05, 3.63) is 0 Å². The Labute approximate surface area is 119 Å². The van der Waals surface area contributed by atoms with Gasteiger partial charge in [-0.3, -0.25) is 9.45 Å². The summed E-state index contributed by atoms with van der Waals surface area (Å²) < 4.78 is 29.2. The van der Waals surface area contributed by atoms with Crippen LogP contribution in [0.4, 0.5) is 0 Å². The predicted octanol–water partition coefficient (Wildman–Crippen LogP) is -1.02. The van der Waals surface area contributed by atoms with Gasteiger partial charge in [-0.05, 0) is 26.7 Å². The standard InChI is InChI=1S/C8H19NO5S.Na.H/c1-7(10)9(8(2)11)5-3-4-6-15(12,13)14;;/h7-8,10-11H,3-6H2,1-2H3,(H,12,13,14);;. The zero-order valence-electron chi connectivity index (χ0n) is 9.00. The van der Waals surface area contributed by atoms with Crippen LogP contribution in [0.3, 0.4) is 0 Å². The molecule has 0 saturated heterocycles. The van der Waals surface area contributed by atoms with E-state index in [-0.39, 0.29) is 35.3 Å². The molecule has 0 aromatic rings. The molecule has 2 atom stereocenters. The van der Waals surface area contributed by atoms with E-state index in [4.69, 9.17) is 4.55 Å². The van der Waals surface area contributed by atoms with E-state index < -0.39 is 22.6 Å². The molecule has 0 fully saturated rings. The molecule has 2 unspecified atom stereocenters. The molecule has 0 aromatic carbocycles. The third kappa shape index (κ3) is 9.98. The van der Waals surface area contributed by atoms with Crippen LogP contribution in [-0.4, -0.2) is 82.4 Å². The van der Waals surface area contributed by atoms with Crippen LogP contribution in [0.5, 0.6) is 0 Å². The molecule has 0 saturated carbocycles. The van der Waals surface area contributed by atoms with Crippen LogP contribution in [0.2, 0.25) is 0 Å². The molecule has 0 heterocycles. The zero-order chi connectivity index (χ0) is 12.1. The normalized spacial score (nSPS) is 15.6. The Morgan fingerprint density at radius 2 is 1.56 bits per heavy atom. The Morgan fingerprint density at radius 1 is 1.12 bits per heavy atom. The van der Waals surface area contributed by atoms with Crippen molar-refractivity contribution in [2.45, 2.75) is 39.1 Å². The van der Waals surface area contributed by atoms with Gasteiger partial charge < -0.3 is 10.2 Å². The summed E-state index contributed by atoms with van der Waals surface area (Å²) in [7, 11) is -3.91. The van der Waals surface area contributed by atoms with Crippen molar-refractivity contribution in [3.8, 4) is 0 Å². The van der Waals surface area contributed by atoms with Gasteiger partial charge in [-0.25, -0.2) is 0 Å². The van der Waals surface area contributed by atoms with Crippen molar-refractivity contribution in [1.82, 2.24) is 4.90 Å². The van der Waals surface area contributed by atoms with Crippen molar-refractivity contribution >= 4 is 39.7 Å². The van der Waals surface area contributed by atoms with Crippen LogP contribution < -0.4 is 0 Å². The van der Waals surface area contributed by atoms with E-state index in [1.807, 2.05) is 0 Å². The molecule has 0 radical (unpaired) electrons. The quantitative estimate of drug-likeness (QED) is 0.236. The zero-order valence-corrected chi connectivity index (χ0v) is 9.81. The van der Waals surface area contributed by atoms with Gasteiger partial charge in [-0.15, -0.1) is 0 Å². The van der Waals surface area contributed by atoms with Crippen molar-refractivity contribution in [1.29, 1.82) is 0 Å². The number of aliphatic hydroxyl groups excluding tert-OH is 2. The van der Waals surface area contributed by atoms with E-state index in [2.05, 4.69) is 0 Å². The molecule has 0 aliphatic heterocycles. The van der Waals surface area contributed by atoms with E-state index in [0.717, 1.165) is 0 Å². The minimum absolute atomic E-state index is 0. The van der Waals surface area contributed by atoms with Gasteiger partial charge in [-0.1, -0.05) is 0 Å². The molecule has 0 amide bonds. The summed E-state index contributed by atoms with van der Waals surface area (Å²) in [6.07, 6.45) is -0.781. The predicted molar refractivity (Wildman–Crippen MR) is 62.9 cm³/mol. The molecule has 94 valence electrons. The van der Waals surface area contributed by atoms with Crippen LogP contribution in [0.15, 0.2) is 0 Å². The first-order valence-electron chi connectivity index (χ1n) is 4.81. The third-order valence-electron chi connectivity index (χ3n) is 2.03. The molecular formula is C8H20NNaO5S. The van der Waals surface area contributed by atoms with Gasteiger partial charge in [0.1, 0.15) is 12.5 Å². The summed E-state index contributed by atoms with van der Waals surface area (Å²) in [4.78, 5) is 1.42. The first-order chi connectivity index (χ1) is 6.74. The maximum absolute atomic E-state index is 10.4. The van der Waals surface area contributed by atoms with E-state index in [1.54, 1.807) is 0 Å². The Morgan fingerprint density at radius 3 is 1.88 bits per heavy atom. The molecule has 8 heteroatoms. The van der Waals surface area contributed by atoms with Gasteiger partial charge in [0, 0.05) is 6.54 Å². The van der Waals surface area contributed by atoms with Gasteiger partial charge in [0.2, 0.25) is 0 Å². The SMILES string of the molecule is CC(O)N(CCCCS(=O)(=O)O)C(C)O.[NaH]. The topological polar surface area (TPSA) is 98.1 Å². The second-order valence-electron chi connectivity index (χ2n) is 3.49. The van der Waals surface area contributed by atoms with E-state index >= 15 is 0 Å². The molecule has 16 heavy (non-hydrogen) atoms. The number of unbranched alkanes of at least 4 members (excludes halogenated alkanes) is 1. The van der Waals surface area contributed by atoms with Crippen LogP contribution >= 0.6 is 0 Å². The minimum atomic E-state index is -3.91. The average molecular weight is 265 g/mol. The van der Waals surface area contributed by atoms with Crippen LogP contribution in [0, 0.1) is 0 Å². The number of aliphatic hydroxyl groups is 2. The molecule has 6 nitrogen and oxygen atoms in total. The Hall–Kier alpha value is 0.790. The first-order valence-corrected chi connectivity index (χ1v) is 6.42. The van der Waals surface area contributed by atoms with Gasteiger partial charge in [0.15, 0.2) is 0 Å². The Bertz CT molecular complexity index is 260. The third-order valence-corrected chi connectivity index (χ3v) is 2.83. The summed E-state index contributed by atoms with van der Waals surface area (Å²) in [5.41, 5.74) is 0. The van der Waals surface area contributed by atoms with Crippen molar-refractivity contribution in [2.75, 3.05) is 12.3 Å². The van der Waals surface area contributed by atoms with Crippen LogP contribution in [0.25, 0.3) is 0 Å². The van der Waals surface area contributed by atoms with E-state index in [0.29, 0.717) is 19.4 Å². The average Bonchev–Trinajstić information content (AvgIpc) is 2.00. The van der Waals surface area contributed by atoms with Gasteiger partial charge >= 0.3 is 29.6 Å². The van der Waals surface area contributed by atoms with Crippen molar-refractivity contribution in [2.24, 2.45) is 0 Å². The second kappa shape index (κ2) is 8.82. The van der Waals surface area contributed by atoms with Gasteiger partial charge in [0.05, 0.1) is 5.75 Å². The molecule has 3 N–H and O–H groups in total. The fourth-order valence-electron chi connectivity index (χ4n) is 1.26. The van der Waals surface area contributed by atoms with E-state index in [1.165, 1.54) is 18.7 Å². The van der Waals surface area contributed by atoms with Crippen LogP contribution in [-0.2, 0) is 10.1 Å². The van der Waals surface area contributed by atoms with Crippen molar-refractivity contribution in [3.63, 3.8) is 0 Å². The monoisotopic (exact) mass is 265 g/mol. The number of hydrogen-bond donors (Lipinski definition) is 3. The first kappa shape index (κ1) is 19.1. The molecule has 0 aromatic heterocycles. The number of hydrogen-bond acceptors (Lipinski definition) is 5. The van der Waals surface area contributed by atoms with E-state index in [9.17, 15) is 18.6 Å². The summed E-state index contributed by atoms with van der Waals surface area (Å²) >= 11 is 0. The molecular weight excluding hydrogens is 245 g/mol. The molecule has 0 aliphatic rings. The van der Waals surface area contributed by atoms with Gasteiger partial charge in [0.25, 0.3) is 10.1 Å². The second-order valence-corrected chi connectivity index (χ2v) is 5.07. The fourth-order valence-corrected chi connectivity index (χ4v) is 1.83. The maximum atomic E-state index is 10.4. The van der Waals surface area contributed by atoms with Crippen molar-refractivity contribution < 1.29 is 23.2 Å². The molecule has 0 spiro atoms. The summed E-state index contributed by atoms with van der Waals surface area (Å²) in [6.45, 7) is 3.43. The Balaban J connectivity index is 0. The van der Waals surface area contributed by atoms with Gasteiger partial charge in [-0.2, -0.15) is 8.42 Å². The molecule has 0 aliphatic carbocycles.